The molecule has 1 aromatic carbocycles. The van der Waals surface area contributed by atoms with Gasteiger partial charge in [0, 0.05) is 6.54 Å². The normalized spacial score (nSPS) is 9.68. The molecule has 0 atom stereocenters. The van der Waals surface area contributed by atoms with Crippen LogP contribution in [0.25, 0.3) is 0 Å². The molecule has 0 aliphatic rings. The number of ether oxygens (including phenoxy) is 1. The quantitative estimate of drug-likeness (QED) is 0.860. The maximum atomic E-state index is 8.83. The molecule has 1 aromatic heterocycles. The minimum absolute atomic E-state index is 0.336. The average Bonchev–Trinajstić information content (AvgIpc) is 2.46. The maximum Gasteiger partial charge on any atom is 0.242 e. The summed E-state index contributed by atoms with van der Waals surface area (Å²) >= 11 is 0. The molecule has 0 radical (unpaired) electrons. The number of rotatable bonds is 4. The molecule has 6 heteroatoms. The van der Waals surface area contributed by atoms with E-state index in [9.17, 15) is 0 Å². The molecule has 6 nitrogen and oxygen atoms in total. The number of nitrogen functional groups attached to an aromatic ring is 1. The van der Waals surface area contributed by atoms with Crippen molar-refractivity contribution in [1.29, 1.82) is 5.26 Å². The van der Waals surface area contributed by atoms with E-state index in [1.807, 2.05) is 18.2 Å². The molecule has 0 aliphatic heterocycles. The van der Waals surface area contributed by atoms with Gasteiger partial charge in [-0.25, -0.2) is 4.98 Å². The topological polar surface area (TPSA) is 96.9 Å². The Morgan fingerprint density at radius 1 is 1.42 bits per heavy atom. The molecule has 0 saturated carbocycles. The van der Waals surface area contributed by atoms with Gasteiger partial charge in [0.15, 0.2) is 5.82 Å². The average molecular weight is 255 g/mol. The number of hydrogen-bond donors (Lipinski definition) is 2. The lowest BCUT2D eigenvalue weighted by Crippen LogP contribution is -2.07. The Balaban J connectivity index is 2.12. The van der Waals surface area contributed by atoms with Crippen molar-refractivity contribution in [3.63, 3.8) is 0 Å². The van der Waals surface area contributed by atoms with Crippen molar-refractivity contribution in [3.8, 4) is 11.9 Å². The lowest BCUT2D eigenvalue weighted by Gasteiger charge is -2.10. The Bertz CT molecular complexity index is 621. The molecule has 96 valence electrons. The highest BCUT2D eigenvalue weighted by atomic mass is 16.5. The Kier molecular flexibility index (Phi) is 3.78. The summed E-state index contributed by atoms with van der Waals surface area (Å²) in [5.41, 5.74) is 7.80. The minimum Gasteiger partial charge on any atom is -0.479 e. The van der Waals surface area contributed by atoms with E-state index in [2.05, 4.69) is 21.4 Å². The van der Waals surface area contributed by atoms with Crippen molar-refractivity contribution >= 4 is 11.5 Å². The molecule has 0 bridgehead atoms. The highest BCUT2D eigenvalue weighted by molar-refractivity contribution is 5.66. The third kappa shape index (κ3) is 2.90. The van der Waals surface area contributed by atoms with E-state index < -0.39 is 0 Å². The lowest BCUT2D eigenvalue weighted by molar-refractivity contribution is 0.399. The van der Waals surface area contributed by atoms with Gasteiger partial charge in [-0.3, -0.25) is 0 Å². The van der Waals surface area contributed by atoms with Gasteiger partial charge in [-0.1, -0.05) is 12.1 Å². The van der Waals surface area contributed by atoms with Crippen LogP contribution in [0.3, 0.4) is 0 Å². The number of aromatic nitrogens is 2. The van der Waals surface area contributed by atoms with Gasteiger partial charge < -0.3 is 15.8 Å². The Labute approximate surface area is 110 Å². The second-order valence-electron chi connectivity index (χ2n) is 3.81. The Hall–Kier alpha value is -2.81. The first-order chi connectivity index (χ1) is 9.24. The van der Waals surface area contributed by atoms with Crippen molar-refractivity contribution in [2.24, 2.45) is 0 Å². The van der Waals surface area contributed by atoms with Crippen LogP contribution in [-0.2, 0) is 6.54 Å². The number of hydrogen-bond acceptors (Lipinski definition) is 6. The summed E-state index contributed by atoms with van der Waals surface area (Å²) in [7, 11) is 1.50. The van der Waals surface area contributed by atoms with Crippen molar-refractivity contribution < 1.29 is 4.74 Å². The lowest BCUT2D eigenvalue weighted by atomic mass is 10.1. The summed E-state index contributed by atoms with van der Waals surface area (Å²) in [6, 6.07) is 9.41. The number of nitriles is 1. The highest BCUT2D eigenvalue weighted by Crippen LogP contribution is 2.24. The molecule has 2 aromatic rings. The summed E-state index contributed by atoms with van der Waals surface area (Å²) in [4.78, 5) is 7.95. The molecule has 0 aliphatic carbocycles. The van der Waals surface area contributed by atoms with E-state index in [4.69, 9.17) is 15.7 Å². The first-order valence-corrected chi connectivity index (χ1v) is 5.62. The smallest absolute Gasteiger partial charge is 0.242 e. The summed E-state index contributed by atoms with van der Waals surface area (Å²) in [6.07, 6.45) is 1.38. The number of nitrogens with one attached hydrogen (secondary N) is 1. The number of anilines is 2. The van der Waals surface area contributed by atoms with E-state index >= 15 is 0 Å². The zero-order valence-corrected chi connectivity index (χ0v) is 10.4. The predicted octanol–water partition coefficient (Wildman–Crippen LogP) is 1.55. The van der Waals surface area contributed by atoms with E-state index in [1.54, 1.807) is 6.07 Å². The molecular weight excluding hydrogens is 242 g/mol. The van der Waals surface area contributed by atoms with Gasteiger partial charge in [0.05, 0.1) is 18.7 Å². The summed E-state index contributed by atoms with van der Waals surface area (Å²) in [5.74, 6) is 0.845. The van der Waals surface area contributed by atoms with Gasteiger partial charge in [-0.15, -0.1) is 0 Å². The van der Waals surface area contributed by atoms with E-state index in [1.165, 1.54) is 13.4 Å². The van der Waals surface area contributed by atoms with E-state index in [0.717, 1.165) is 5.56 Å². The van der Waals surface area contributed by atoms with Gasteiger partial charge in [0.1, 0.15) is 12.0 Å². The molecular formula is C13H13N5O. The van der Waals surface area contributed by atoms with Gasteiger partial charge >= 0.3 is 0 Å². The van der Waals surface area contributed by atoms with Crippen LogP contribution >= 0.6 is 0 Å². The van der Waals surface area contributed by atoms with Crippen LogP contribution in [-0.4, -0.2) is 17.1 Å². The molecule has 2 rings (SSSR count). The van der Waals surface area contributed by atoms with Crippen LogP contribution in [0.2, 0.25) is 0 Å². The van der Waals surface area contributed by atoms with Crippen LogP contribution < -0.4 is 15.8 Å². The maximum absolute atomic E-state index is 8.83. The molecule has 0 spiro atoms. The largest absolute Gasteiger partial charge is 0.479 e. The fourth-order valence-corrected chi connectivity index (χ4v) is 1.62. The van der Waals surface area contributed by atoms with Crippen molar-refractivity contribution in [3.05, 3.63) is 41.7 Å². The number of methoxy groups -OCH3 is 1. The van der Waals surface area contributed by atoms with Gasteiger partial charge in [0.2, 0.25) is 5.88 Å². The molecule has 0 amide bonds. The SMILES string of the molecule is COc1ncnc(NCc2cccc(C#N)c2)c1N. The molecule has 1 heterocycles. The molecule has 19 heavy (non-hydrogen) atoms. The van der Waals surface area contributed by atoms with Gasteiger partial charge in [-0.05, 0) is 17.7 Å². The highest BCUT2D eigenvalue weighted by Gasteiger charge is 2.07. The van der Waals surface area contributed by atoms with Crippen LogP contribution in [0.1, 0.15) is 11.1 Å². The fourth-order valence-electron chi connectivity index (χ4n) is 1.62. The third-order valence-corrected chi connectivity index (χ3v) is 2.56. The van der Waals surface area contributed by atoms with Crippen LogP contribution in [0.4, 0.5) is 11.5 Å². The zero-order chi connectivity index (χ0) is 13.7. The second-order valence-corrected chi connectivity index (χ2v) is 3.81. The van der Waals surface area contributed by atoms with E-state index in [-0.39, 0.29) is 0 Å². The summed E-state index contributed by atoms with van der Waals surface area (Å²) < 4.78 is 5.02. The molecule has 0 saturated heterocycles. The van der Waals surface area contributed by atoms with Crippen molar-refractivity contribution in [2.45, 2.75) is 6.54 Å². The van der Waals surface area contributed by atoms with Crippen LogP contribution in [0.5, 0.6) is 5.88 Å². The van der Waals surface area contributed by atoms with Crippen LogP contribution in [0.15, 0.2) is 30.6 Å². The monoisotopic (exact) mass is 255 g/mol. The number of benzene rings is 1. The second kappa shape index (κ2) is 5.69. The fraction of sp³-hybridized carbons (Fsp3) is 0.154. The van der Waals surface area contributed by atoms with E-state index in [0.29, 0.717) is 29.5 Å². The Morgan fingerprint density at radius 3 is 3.00 bits per heavy atom. The predicted molar refractivity (Wildman–Crippen MR) is 71.5 cm³/mol. The van der Waals surface area contributed by atoms with Crippen LogP contribution in [0, 0.1) is 11.3 Å². The first kappa shape index (κ1) is 12.6. The molecule has 0 unspecified atom stereocenters. The first-order valence-electron chi connectivity index (χ1n) is 5.62. The standard InChI is InChI=1S/C13H13N5O/c1-19-13-11(15)12(17-8-18-13)16-7-10-4-2-3-9(5-10)6-14/h2-5,8H,7,15H2,1H3,(H,16,17,18). The minimum atomic E-state index is 0.336. The molecule has 0 fully saturated rings. The van der Waals surface area contributed by atoms with Gasteiger partial charge in [0.25, 0.3) is 0 Å². The summed E-state index contributed by atoms with van der Waals surface area (Å²) in [5, 5.41) is 11.9. The third-order valence-electron chi connectivity index (χ3n) is 2.56. The van der Waals surface area contributed by atoms with Crippen molar-refractivity contribution in [2.75, 3.05) is 18.2 Å². The number of nitrogens with zero attached hydrogens (tertiary/aromatic N) is 3. The summed E-state index contributed by atoms with van der Waals surface area (Å²) in [6.45, 7) is 0.514. The molecule has 3 N–H and O–H groups in total. The van der Waals surface area contributed by atoms with Gasteiger partial charge in [-0.2, -0.15) is 10.2 Å². The number of nitrogens with two attached hydrogens (primary N) is 1. The Morgan fingerprint density at radius 2 is 2.26 bits per heavy atom. The zero-order valence-electron chi connectivity index (χ0n) is 10.4. The van der Waals surface area contributed by atoms with Crippen molar-refractivity contribution in [1.82, 2.24) is 9.97 Å².